The second-order valence-corrected chi connectivity index (χ2v) is 12.2. The largest absolute Gasteiger partial charge is 0.416 e. The minimum absolute atomic E-state index is 0.433. The molecular formula is C19H20F3NSi. The maximum absolute atomic E-state index is 12.9. The molecule has 0 saturated carbocycles. The fourth-order valence-corrected chi connectivity index (χ4v) is 3.98. The van der Waals surface area contributed by atoms with Gasteiger partial charge in [-0.2, -0.15) is 13.2 Å². The highest BCUT2D eigenvalue weighted by Crippen LogP contribution is 2.30. The zero-order valence-electron chi connectivity index (χ0n) is 14.0. The molecule has 126 valence electrons. The van der Waals surface area contributed by atoms with Gasteiger partial charge in [0.25, 0.3) is 0 Å². The lowest BCUT2D eigenvalue weighted by Gasteiger charge is -2.17. The molecule has 0 spiro atoms. The molecule has 0 bridgehead atoms. The van der Waals surface area contributed by atoms with E-state index < -0.39 is 19.8 Å². The van der Waals surface area contributed by atoms with Crippen molar-refractivity contribution >= 4 is 24.2 Å². The predicted octanol–water partition coefficient (Wildman–Crippen LogP) is 5.25. The van der Waals surface area contributed by atoms with Gasteiger partial charge in [-0.25, -0.2) is 0 Å². The second kappa shape index (κ2) is 5.81. The predicted molar refractivity (Wildman–Crippen MR) is 95.5 cm³/mol. The summed E-state index contributed by atoms with van der Waals surface area (Å²) in [6.07, 6.45) is -2.36. The first-order valence-corrected chi connectivity index (χ1v) is 11.4. The third-order valence-corrected chi connectivity index (χ3v) is 6.29. The van der Waals surface area contributed by atoms with E-state index in [2.05, 4.69) is 37.8 Å². The van der Waals surface area contributed by atoms with Crippen molar-refractivity contribution in [2.24, 2.45) is 0 Å². The molecule has 3 rings (SSSR count). The van der Waals surface area contributed by atoms with Crippen LogP contribution in [0.2, 0.25) is 19.6 Å². The van der Waals surface area contributed by atoms with Gasteiger partial charge in [-0.15, -0.1) is 0 Å². The number of rotatable bonds is 3. The Morgan fingerprint density at radius 2 is 1.71 bits per heavy atom. The molecule has 0 fully saturated rings. The van der Waals surface area contributed by atoms with Gasteiger partial charge in [-0.1, -0.05) is 49.1 Å². The third kappa shape index (κ3) is 3.41. The Hall–Kier alpha value is -2.01. The summed E-state index contributed by atoms with van der Waals surface area (Å²) >= 11 is 0. The summed E-state index contributed by atoms with van der Waals surface area (Å²) in [7, 11) is -1.43. The van der Waals surface area contributed by atoms with Crippen LogP contribution in [-0.2, 0) is 12.7 Å². The molecule has 2 aromatic carbocycles. The fourth-order valence-electron chi connectivity index (χ4n) is 2.83. The van der Waals surface area contributed by atoms with Gasteiger partial charge in [0, 0.05) is 18.3 Å². The van der Waals surface area contributed by atoms with Crippen LogP contribution in [0.3, 0.4) is 0 Å². The van der Waals surface area contributed by atoms with E-state index in [1.165, 1.54) is 17.3 Å². The number of nitrogens with zero attached hydrogens (tertiary/aromatic N) is 1. The maximum atomic E-state index is 12.9. The quantitative estimate of drug-likeness (QED) is 0.570. The Morgan fingerprint density at radius 1 is 0.958 bits per heavy atom. The summed E-state index contributed by atoms with van der Waals surface area (Å²) in [5.74, 6) is 0. The second-order valence-electron chi connectivity index (χ2n) is 7.17. The van der Waals surface area contributed by atoms with Gasteiger partial charge in [-0.3, -0.25) is 0 Å². The van der Waals surface area contributed by atoms with E-state index in [1.807, 2.05) is 16.8 Å². The van der Waals surface area contributed by atoms with Crippen molar-refractivity contribution in [1.29, 1.82) is 0 Å². The average Bonchev–Trinajstić information content (AvgIpc) is 2.88. The average molecular weight is 347 g/mol. The monoisotopic (exact) mass is 347 g/mol. The minimum atomic E-state index is -4.31. The molecule has 0 aliphatic heterocycles. The fraction of sp³-hybridized carbons (Fsp3) is 0.263. The van der Waals surface area contributed by atoms with Crippen LogP contribution in [0.15, 0.2) is 54.7 Å². The van der Waals surface area contributed by atoms with Crippen LogP contribution in [-0.4, -0.2) is 12.6 Å². The van der Waals surface area contributed by atoms with Gasteiger partial charge in [-0.05, 0) is 35.2 Å². The van der Waals surface area contributed by atoms with E-state index in [-0.39, 0.29) is 0 Å². The SMILES string of the molecule is C[Si](C)(C)c1ccc2ccn(Cc3cccc(C(F)(F)F)c3)c2c1. The highest BCUT2D eigenvalue weighted by molar-refractivity contribution is 6.88. The molecular weight excluding hydrogens is 327 g/mol. The molecule has 0 atom stereocenters. The van der Waals surface area contributed by atoms with Crippen LogP contribution >= 0.6 is 0 Å². The summed E-state index contributed by atoms with van der Waals surface area (Å²) in [5.41, 5.74) is 1.13. The number of halogens is 3. The van der Waals surface area contributed by atoms with Crippen LogP contribution in [0.5, 0.6) is 0 Å². The standard InChI is InChI=1S/C19H20F3NSi/c1-24(2,3)17-8-7-15-9-10-23(18(15)12-17)13-14-5-4-6-16(11-14)19(20,21)22/h4-12H,13H2,1-3H3. The molecule has 1 heterocycles. The van der Waals surface area contributed by atoms with E-state index in [0.29, 0.717) is 12.1 Å². The Labute approximate surface area is 140 Å². The first-order valence-electron chi connectivity index (χ1n) is 7.90. The Morgan fingerprint density at radius 3 is 2.38 bits per heavy atom. The van der Waals surface area contributed by atoms with Crippen molar-refractivity contribution in [3.05, 3.63) is 65.9 Å². The Kier molecular flexibility index (Phi) is 4.07. The molecule has 0 aliphatic carbocycles. The summed E-state index contributed by atoms with van der Waals surface area (Å²) < 4.78 is 40.7. The summed E-state index contributed by atoms with van der Waals surface area (Å²) in [5, 5.41) is 2.46. The molecule has 0 aliphatic rings. The molecule has 0 amide bonds. The van der Waals surface area contributed by atoms with Crippen molar-refractivity contribution in [2.75, 3.05) is 0 Å². The van der Waals surface area contributed by atoms with Crippen LogP contribution in [0.1, 0.15) is 11.1 Å². The van der Waals surface area contributed by atoms with Gasteiger partial charge < -0.3 is 4.57 Å². The molecule has 0 N–H and O–H groups in total. The van der Waals surface area contributed by atoms with Gasteiger partial charge in [0.05, 0.1) is 13.6 Å². The first-order chi connectivity index (χ1) is 11.1. The van der Waals surface area contributed by atoms with Gasteiger partial charge in [0.2, 0.25) is 0 Å². The van der Waals surface area contributed by atoms with E-state index in [4.69, 9.17) is 0 Å². The van der Waals surface area contributed by atoms with Crippen LogP contribution in [0.25, 0.3) is 10.9 Å². The number of alkyl halides is 3. The number of aromatic nitrogens is 1. The zero-order chi connectivity index (χ0) is 17.5. The molecule has 0 saturated heterocycles. The number of fused-ring (bicyclic) bond motifs is 1. The normalized spacial score (nSPS) is 12.8. The zero-order valence-corrected chi connectivity index (χ0v) is 15.0. The number of hydrogen-bond donors (Lipinski definition) is 0. The molecule has 1 aromatic heterocycles. The van der Waals surface area contributed by atoms with Gasteiger partial charge in [0.1, 0.15) is 0 Å². The van der Waals surface area contributed by atoms with E-state index in [0.717, 1.165) is 17.0 Å². The van der Waals surface area contributed by atoms with Crippen molar-refractivity contribution in [3.63, 3.8) is 0 Å². The summed E-state index contributed by atoms with van der Waals surface area (Å²) in [4.78, 5) is 0. The van der Waals surface area contributed by atoms with Crippen LogP contribution in [0.4, 0.5) is 13.2 Å². The van der Waals surface area contributed by atoms with Crippen molar-refractivity contribution in [1.82, 2.24) is 4.57 Å². The third-order valence-electron chi connectivity index (χ3n) is 4.25. The number of hydrogen-bond acceptors (Lipinski definition) is 0. The Balaban J connectivity index is 1.99. The summed E-state index contributed by atoms with van der Waals surface area (Å²) in [6.45, 7) is 7.29. The van der Waals surface area contributed by atoms with Crippen LogP contribution in [0, 0.1) is 0 Å². The van der Waals surface area contributed by atoms with Gasteiger partial charge >= 0.3 is 6.18 Å². The highest BCUT2D eigenvalue weighted by atomic mass is 28.3. The first kappa shape index (κ1) is 16.8. The molecule has 1 nitrogen and oxygen atoms in total. The van der Waals surface area contributed by atoms with Gasteiger partial charge in [0.15, 0.2) is 0 Å². The van der Waals surface area contributed by atoms with E-state index >= 15 is 0 Å². The van der Waals surface area contributed by atoms with E-state index in [9.17, 15) is 13.2 Å². The topological polar surface area (TPSA) is 4.93 Å². The van der Waals surface area contributed by atoms with Crippen molar-refractivity contribution in [2.45, 2.75) is 32.4 Å². The lowest BCUT2D eigenvalue weighted by molar-refractivity contribution is -0.137. The molecule has 3 aromatic rings. The summed E-state index contributed by atoms with van der Waals surface area (Å²) in [6, 6.07) is 14.0. The molecule has 24 heavy (non-hydrogen) atoms. The van der Waals surface area contributed by atoms with Crippen molar-refractivity contribution in [3.8, 4) is 0 Å². The lowest BCUT2D eigenvalue weighted by atomic mass is 10.1. The smallest absolute Gasteiger partial charge is 0.343 e. The minimum Gasteiger partial charge on any atom is -0.343 e. The molecule has 5 heteroatoms. The maximum Gasteiger partial charge on any atom is 0.416 e. The lowest BCUT2D eigenvalue weighted by Crippen LogP contribution is -2.37. The van der Waals surface area contributed by atoms with Crippen molar-refractivity contribution < 1.29 is 13.2 Å². The number of benzene rings is 2. The highest BCUT2D eigenvalue weighted by Gasteiger charge is 2.30. The molecule has 0 radical (unpaired) electrons. The molecule has 0 unspecified atom stereocenters. The Bertz CT molecular complexity index is 872. The van der Waals surface area contributed by atoms with E-state index in [1.54, 1.807) is 6.07 Å². The van der Waals surface area contributed by atoms with Crippen LogP contribution < -0.4 is 5.19 Å².